The average molecular weight is 384 g/mol. The molecule has 0 saturated carbocycles. The highest BCUT2D eigenvalue weighted by atomic mass is 32.2. The van der Waals surface area contributed by atoms with E-state index in [1.807, 2.05) is 0 Å². The maximum Gasteiger partial charge on any atom is 0.308 e. The smallest absolute Gasteiger partial charge is 0.308 e. The van der Waals surface area contributed by atoms with Crippen LogP contribution in [-0.2, 0) is 14.8 Å². The number of amides is 1. The second kappa shape index (κ2) is 7.63. The first-order valence-corrected chi connectivity index (χ1v) is 9.77. The van der Waals surface area contributed by atoms with Crippen LogP contribution in [-0.4, -0.2) is 56.5 Å². The molecule has 1 aliphatic heterocycles. The van der Waals surface area contributed by atoms with Crippen LogP contribution in [0.5, 0.6) is 5.75 Å². The molecule has 0 aliphatic carbocycles. The Morgan fingerprint density at radius 1 is 1.31 bits per heavy atom. The summed E-state index contributed by atoms with van der Waals surface area (Å²) in [4.78, 5) is 25.3. The Labute approximate surface area is 153 Å². The van der Waals surface area contributed by atoms with Crippen molar-refractivity contribution < 1.29 is 27.9 Å². The summed E-state index contributed by atoms with van der Waals surface area (Å²) in [5.74, 6) is -1.99. The van der Waals surface area contributed by atoms with Crippen molar-refractivity contribution in [1.29, 1.82) is 0 Å². The van der Waals surface area contributed by atoms with Gasteiger partial charge >= 0.3 is 5.97 Å². The molecule has 0 bridgehead atoms. The van der Waals surface area contributed by atoms with E-state index < -0.39 is 27.8 Å². The van der Waals surface area contributed by atoms with Gasteiger partial charge in [0.25, 0.3) is 5.91 Å². The maximum absolute atomic E-state index is 12.7. The number of aliphatic carboxylic acids is 1. The van der Waals surface area contributed by atoms with Crippen LogP contribution in [0.3, 0.4) is 0 Å². The molecule has 1 saturated heterocycles. The topological polar surface area (TPSA) is 113 Å². The standard InChI is InChI=1S/C17H24N2O6S/c1-10(2)18-26(23,24)15-7-12(5-6-14(15)25-4)16(20)19-8-11(3)13(9-19)17(21)22/h5-7,10-11,13,18H,8-9H2,1-4H3,(H,21,22)/t11-,13-/m1/s1. The number of likely N-dealkylation sites (tertiary alicyclic amines) is 1. The minimum absolute atomic E-state index is 0.105. The Morgan fingerprint density at radius 2 is 1.96 bits per heavy atom. The van der Waals surface area contributed by atoms with Gasteiger partial charge < -0.3 is 14.7 Å². The molecule has 1 amide bonds. The Bertz CT molecular complexity index is 805. The van der Waals surface area contributed by atoms with Gasteiger partial charge in [-0.1, -0.05) is 6.92 Å². The van der Waals surface area contributed by atoms with Gasteiger partial charge in [0.1, 0.15) is 10.6 Å². The number of rotatable bonds is 6. The van der Waals surface area contributed by atoms with Gasteiger partial charge in [0.05, 0.1) is 13.0 Å². The maximum atomic E-state index is 12.7. The zero-order chi connectivity index (χ0) is 19.6. The summed E-state index contributed by atoms with van der Waals surface area (Å²) >= 11 is 0. The molecule has 2 rings (SSSR count). The molecule has 9 heteroatoms. The number of carbonyl (C=O) groups is 2. The Kier molecular flexibility index (Phi) is 5.92. The number of ether oxygens (including phenoxy) is 1. The minimum Gasteiger partial charge on any atom is -0.495 e. The number of sulfonamides is 1. The number of nitrogens with one attached hydrogen (secondary N) is 1. The molecule has 2 atom stereocenters. The Hall–Kier alpha value is -2.13. The molecule has 8 nitrogen and oxygen atoms in total. The molecular weight excluding hydrogens is 360 g/mol. The summed E-state index contributed by atoms with van der Waals surface area (Å²) in [7, 11) is -2.50. The summed E-state index contributed by atoms with van der Waals surface area (Å²) in [5, 5.41) is 9.21. The lowest BCUT2D eigenvalue weighted by molar-refractivity contribution is -0.142. The number of carbonyl (C=O) groups excluding carboxylic acids is 1. The van der Waals surface area contributed by atoms with E-state index in [-0.39, 0.29) is 34.7 Å². The number of hydrogen-bond acceptors (Lipinski definition) is 5. The van der Waals surface area contributed by atoms with E-state index in [9.17, 15) is 23.1 Å². The highest BCUT2D eigenvalue weighted by molar-refractivity contribution is 7.89. The second-order valence-electron chi connectivity index (χ2n) is 6.77. The van der Waals surface area contributed by atoms with E-state index in [1.54, 1.807) is 20.8 Å². The second-order valence-corrected chi connectivity index (χ2v) is 8.46. The Balaban J connectivity index is 2.35. The van der Waals surface area contributed by atoms with Crippen molar-refractivity contribution in [2.24, 2.45) is 11.8 Å². The van der Waals surface area contributed by atoms with Crippen molar-refractivity contribution in [3.63, 3.8) is 0 Å². The molecule has 0 radical (unpaired) electrons. The lowest BCUT2D eigenvalue weighted by Gasteiger charge is -2.18. The van der Waals surface area contributed by atoms with Crippen LogP contribution in [0.2, 0.25) is 0 Å². The molecule has 1 fully saturated rings. The third kappa shape index (κ3) is 4.16. The summed E-state index contributed by atoms with van der Waals surface area (Å²) in [6, 6.07) is 3.86. The van der Waals surface area contributed by atoms with Crippen LogP contribution in [0.25, 0.3) is 0 Å². The molecule has 1 aliphatic rings. The fourth-order valence-corrected chi connectivity index (χ4v) is 4.48. The van der Waals surface area contributed by atoms with Gasteiger partial charge in [-0.2, -0.15) is 0 Å². The SMILES string of the molecule is COc1ccc(C(=O)N2C[C@@H](C)[C@H](C(=O)O)C2)cc1S(=O)(=O)NC(C)C. The first kappa shape index (κ1) is 20.2. The zero-order valence-electron chi connectivity index (χ0n) is 15.2. The number of carboxylic acid groups (broad SMARTS) is 1. The number of hydrogen-bond donors (Lipinski definition) is 2. The number of nitrogens with zero attached hydrogens (tertiary/aromatic N) is 1. The van der Waals surface area contributed by atoms with Crippen molar-refractivity contribution in [2.45, 2.75) is 31.7 Å². The van der Waals surface area contributed by atoms with Gasteiger partial charge in [-0.25, -0.2) is 13.1 Å². The number of carboxylic acids is 1. The zero-order valence-corrected chi connectivity index (χ0v) is 16.0. The van der Waals surface area contributed by atoms with Crippen LogP contribution < -0.4 is 9.46 Å². The van der Waals surface area contributed by atoms with Crippen LogP contribution in [0.15, 0.2) is 23.1 Å². The molecule has 26 heavy (non-hydrogen) atoms. The van der Waals surface area contributed by atoms with E-state index in [2.05, 4.69) is 4.72 Å². The third-order valence-corrected chi connectivity index (χ3v) is 5.99. The number of benzene rings is 1. The predicted molar refractivity (Wildman–Crippen MR) is 94.6 cm³/mol. The minimum atomic E-state index is -3.86. The predicted octanol–water partition coefficient (Wildman–Crippen LogP) is 1.17. The van der Waals surface area contributed by atoms with Gasteiger partial charge in [0, 0.05) is 24.7 Å². The lowest BCUT2D eigenvalue weighted by atomic mass is 9.99. The van der Waals surface area contributed by atoms with Crippen LogP contribution in [0.4, 0.5) is 0 Å². The fourth-order valence-electron chi connectivity index (χ4n) is 3.03. The van der Waals surface area contributed by atoms with Gasteiger partial charge in [-0.3, -0.25) is 9.59 Å². The molecule has 1 aromatic carbocycles. The average Bonchev–Trinajstić information content (AvgIpc) is 2.94. The van der Waals surface area contributed by atoms with Crippen molar-refractivity contribution >= 4 is 21.9 Å². The van der Waals surface area contributed by atoms with Crippen molar-refractivity contribution in [2.75, 3.05) is 20.2 Å². The first-order chi connectivity index (χ1) is 12.1. The lowest BCUT2D eigenvalue weighted by Crippen LogP contribution is -2.32. The molecule has 0 spiro atoms. The van der Waals surface area contributed by atoms with E-state index in [0.29, 0.717) is 6.54 Å². The summed E-state index contributed by atoms with van der Waals surface area (Å²) < 4.78 is 32.6. The molecule has 0 aromatic heterocycles. The van der Waals surface area contributed by atoms with Crippen LogP contribution >= 0.6 is 0 Å². The highest BCUT2D eigenvalue weighted by Gasteiger charge is 2.37. The largest absolute Gasteiger partial charge is 0.495 e. The monoisotopic (exact) mass is 384 g/mol. The number of methoxy groups -OCH3 is 1. The van der Waals surface area contributed by atoms with Crippen molar-refractivity contribution in [3.05, 3.63) is 23.8 Å². The molecule has 1 heterocycles. The summed E-state index contributed by atoms with van der Waals surface area (Å²) in [6.45, 7) is 5.58. The van der Waals surface area contributed by atoms with Gasteiger partial charge in [0.15, 0.2) is 0 Å². The van der Waals surface area contributed by atoms with E-state index in [1.165, 1.54) is 30.2 Å². The van der Waals surface area contributed by atoms with Crippen molar-refractivity contribution in [3.8, 4) is 5.75 Å². The van der Waals surface area contributed by atoms with Crippen LogP contribution in [0.1, 0.15) is 31.1 Å². The van der Waals surface area contributed by atoms with Crippen LogP contribution in [0, 0.1) is 11.8 Å². The molecular formula is C17H24N2O6S. The van der Waals surface area contributed by atoms with E-state index in [4.69, 9.17) is 4.74 Å². The van der Waals surface area contributed by atoms with E-state index in [0.717, 1.165) is 0 Å². The van der Waals surface area contributed by atoms with Gasteiger partial charge in [0.2, 0.25) is 10.0 Å². The summed E-state index contributed by atoms with van der Waals surface area (Å²) in [5.41, 5.74) is 0.174. The Morgan fingerprint density at radius 3 is 2.46 bits per heavy atom. The fraction of sp³-hybridized carbons (Fsp3) is 0.529. The summed E-state index contributed by atoms with van der Waals surface area (Å²) in [6.07, 6.45) is 0. The molecule has 0 unspecified atom stereocenters. The highest BCUT2D eigenvalue weighted by Crippen LogP contribution is 2.28. The molecule has 1 aromatic rings. The first-order valence-electron chi connectivity index (χ1n) is 8.29. The third-order valence-electron chi connectivity index (χ3n) is 4.31. The quantitative estimate of drug-likeness (QED) is 0.761. The van der Waals surface area contributed by atoms with E-state index >= 15 is 0 Å². The molecule has 144 valence electrons. The van der Waals surface area contributed by atoms with Gasteiger partial charge in [-0.15, -0.1) is 0 Å². The normalized spacial score (nSPS) is 20.4. The van der Waals surface area contributed by atoms with Gasteiger partial charge in [-0.05, 0) is 38.0 Å². The molecule has 2 N–H and O–H groups in total. The van der Waals surface area contributed by atoms with Crippen molar-refractivity contribution in [1.82, 2.24) is 9.62 Å².